The van der Waals surface area contributed by atoms with Crippen LogP contribution in [0.25, 0.3) is 0 Å². The number of unbranched alkanes of at least 4 members (excludes halogenated alkanes) is 1. The molecule has 2 N–H and O–H groups in total. The zero-order valence-electron chi connectivity index (χ0n) is 12.9. The largest absolute Gasteiger partial charge is 0.352 e. The molecule has 6 heteroatoms. The Morgan fingerprint density at radius 2 is 2.05 bits per heavy atom. The first kappa shape index (κ1) is 16.4. The maximum atomic E-state index is 12.0. The summed E-state index contributed by atoms with van der Waals surface area (Å²) in [5.74, 6) is -0.0885. The fourth-order valence-corrected chi connectivity index (χ4v) is 2.56. The molecular formula is C16H21N3O2S. The van der Waals surface area contributed by atoms with E-state index in [1.807, 2.05) is 12.1 Å². The van der Waals surface area contributed by atoms with Gasteiger partial charge in [-0.05, 0) is 43.3 Å². The van der Waals surface area contributed by atoms with Crippen LogP contribution >= 0.6 is 12.2 Å². The lowest BCUT2D eigenvalue weighted by Gasteiger charge is -2.15. The second-order valence-corrected chi connectivity index (χ2v) is 5.79. The van der Waals surface area contributed by atoms with E-state index in [4.69, 9.17) is 12.2 Å². The molecule has 22 heavy (non-hydrogen) atoms. The van der Waals surface area contributed by atoms with Gasteiger partial charge in [0.25, 0.3) is 11.8 Å². The van der Waals surface area contributed by atoms with Crippen molar-refractivity contribution in [1.29, 1.82) is 0 Å². The minimum absolute atomic E-state index is 0.0219. The standard InChI is InChI=1S/C16H21N3O2S/c1-3-4-9-17-14(20)13-7-5-12(6-8-13)10-19-15(21)11(2)18-16(19)22/h5-8,11H,3-4,9-10H2,1-2H3,(H,17,20)(H,18,22). The number of nitrogens with one attached hydrogen (secondary N) is 2. The lowest BCUT2D eigenvalue weighted by molar-refractivity contribution is -0.127. The third kappa shape index (κ3) is 3.82. The summed E-state index contributed by atoms with van der Waals surface area (Å²) in [6.07, 6.45) is 2.03. The van der Waals surface area contributed by atoms with Gasteiger partial charge in [-0.25, -0.2) is 0 Å². The molecule has 0 radical (unpaired) electrons. The van der Waals surface area contributed by atoms with Crippen molar-refractivity contribution >= 4 is 29.1 Å². The second-order valence-electron chi connectivity index (χ2n) is 5.40. The number of hydrogen-bond donors (Lipinski definition) is 2. The molecule has 0 aliphatic carbocycles. The van der Waals surface area contributed by atoms with Crippen LogP contribution in [-0.2, 0) is 11.3 Å². The molecule has 0 aromatic heterocycles. The molecule has 1 heterocycles. The Morgan fingerprint density at radius 1 is 1.36 bits per heavy atom. The van der Waals surface area contributed by atoms with Gasteiger partial charge in [0.15, 0.2) is 5.11 Å². The van der Waals surface area contributed by atoms with Crippen LogP contribution in [0.1, 0.15) is 42.6 Å². The maximum Gasteiger partial charge on any atom is 0.251 e. The molecule has 118 valence electrons. The Balaban J connectivity index is 1.96. The smallest absolute Gasteiger partial charge is 0.251 e. The first-order valence-electron chi connectivity index (χ1n) is 7.52. The zero-order chi connectivity index (χ0) is 16.1. The van der Waals surface area contributed by atoms with Crippen molar-refractivity contribution in [3.63, 3.8) is 0 Å². The van der Waals surface area contributed by atoms with E-state index in [-0.39, 0.29) is 17.9 Å². The first-order chi connectivity index (χ1) is 10.5. The molecule has 1 aromatic carbocycles. The number of hydrogen-bond acceptors (Lipinski definition) is 3. The van der Waals surface area contributed by atoms with Gasteiger partial charge in [-0.15, -0.1) is 0 Å². The van der Waals surface area contributed by atoms with E-state index in [1.165, 1.54) is 0 Å². The molecule has 1 aliphatic heterocycles. The van der Waals surface area contributed by atoms with Crippen LogP contribution in [0.5, 0.6) is 0 Å². The average molecular weight is 319 g/mol. The number of rotatable bonds is 6. The van der Waals surface area contributed by atoms with Crippen molar-refractivity contribution in [3.05, 3.63) is 35.4 Å². The fourth-order valence-electron chi connectivity index (χ4n) is 2.23. The lowest BCUT2D eigenvalue weighted by Crippen LogP contribution is -2.30. The van der Waals surface area contributed by atoms with Crippen molar-refractivity contribution < 1.29 is 9.59 Å². The predicted molar refractivity (Wildman–Crippen MR) is 89.4 cm³/mol. The van der Waals surface area contributed by atoms with E-state index in [0.29, 0.717) is 23.8 Å². The van der Waals surface area contributed by atoms with Crippen LogP contribution in [0.3, 0.4) is 0 Å². The molecular weight excluding hydrogens is 298 g/mol. The van der Waals surface area contributed by atoms with E-state index in [0.717, 1.165) is 18.4 Å². The van der Waals surface area contributed by atoms with Crippen LogP contribution in [0, 0.1) is 0 Å². The maximum absolute atomic E-state index is 12.0. The van der Waals surface area contributed by atoms with Crippen molar-refractivity contribution in [2.45, 2.75) is 39.3 Å². The third-order valence-electron chi connectivity index (χ3n) is 3.59. The highest BCUT2D eigenvalue weighted by Gasteiger charge is 2.31. The van der Waals surface area contributed by atoms with Gasteiger partial charge in [0.1, 0.15) is 6.04 Å². The number of carbonyl (C=O) groups is 2. The average Bonchev–Trinajstić information content (AvgIpc) is 2.74. The Hall–Kier alpha value is -1.95. The van der Waals surface area contributed by atoms with Gasteiger partial charge in [-0.3, -0.25) is 14.5 Å². The van der Waals surface area contributed by atoms with Gasteiger partial charge in [0, 0.05) is 12.1 Å². The molecule has 1 aromatic rings. The minimum atomic E-state index is -0.267. The molecule has 5 nitrogen and oxygen atoms in total. The monoisotopic (exact) mass is 319 g/mol. The van der Waals surface area contributed by atoms with E-state index < -0.39 is 0 Å². The molecule has 2 rings (SSSR count). The molecule has 0 spiro atoms. The minimum Gasteiger partial charge on any atom is -0.352 e. The topological polar surface area (TPSA) is 61.4 Å². The van der Waals surface area contributed by atoms with Crippen molar-refractivity contribution in [1.82, 2.24) is 15.5 Å². The summed E-state index contributed by atoms with van der Waals surface area (Å²) in [5.41, 5.74) is 1.57. The Morgan fingerprint density at radius 3 is 2.59 bits per heavy atom. The third-order valence-corrected chi connectivity index (χ3v) is 3.93. The van der Waals surface area contributed by atoms with Gasteiger partial charge in [0.2, 0.25) is 0 Å². The van der Waals surface area contributed by atoms with Crippen molar-refractivity contribution in [3.8, 4) is 0 Å². The van der Waals surface area contributed by atoms with Crippen LogP contribution in [0.15, 0.2) is 24.3 Å². The van der Waals surface area contributed by atoms with Gasteiger partial charge in [-0.2, -0.15) is 0 Å². The summed E-state index contributed by atoms with van der Waals surface area (Å²) in [4.78, 5) is 25.4. The molecule has 1 aliphatic rings. The predicted octanol–water partition coefficient (Wildman–Crippen LogP) is 1.82. The Labute approximate surface area is 136 Å². The van der Waals surface area contributed by atoms with E-state index in [9.17, 15) is 9.59 Å². The number of nitrogens with zero attached hydrogens (tertiary/aromatic N) is 1. The molecule has 2 amide bonds. The van der Waals surface area contributed by atoms with E-state index in [1.54, 1.807) is 24.0 Å². The van der Waals surface area contributed by atoms with Gasteiger partial charge in [-0.1, -0.05) is 25.5 Å². The number of thiocarbonyl (C=S) groups is 1. The Bertz CT molecular complexity index is 571. The fraction of sp³-hybridized carbons (Fsp3) is 0.438. The van der Waals surface area contributed by atoms with Crippen molar-refractivity contribution in [2.75, 3.05) is 6.54 Å². The highest BCUT2D eigenvalue weighted by atomic mass is 32.1. The van der Waals surface area contributed by atoms with Crippen LogP contribution in [0.2, 0.25) is 0 Å². The second kappa shape index (κ2) is 7.35. The molecule has 1 fully saturated rings. The number of carbonyl (C=O) groups excluding carboxylic acids is 2. The first-order valence-corrected chi connectivity index (χ1v) is 7.92. The SMILES string of the molecule is CCCCNC(=O)c1ccc(CN2C(=O)C(C)NC2=S)cc1. The quantitative estimate of drug-likeness (QED) is 0.620. The van der Waals surface area contributed by atoms with Gasteiger partial charge < -0.3 is 10.6 Å². The van der Waals surface area contributed by atoms with E-state index in [2.05, 4.69) is 17.6 Å². The summed E-state index contributed by atoms with van der Waals surface area (Å²) in [5, 5.41) is 6.27. The van der Waals surface area contributed by atoms with E-state index >= 15 is 0 Å². The molecule has 0 saturated carbocycles. The summed E-state index contributed by atoms with van der Waals surface area (Å²) in [6.45, 7) is 4.99. The summed E-state index contributed by atoms with van der Waals surface area (Å²) in [6, 6.07) is 6.99. The van der Waals surface area contributed by atoms with Crippen LogP contribution in [-0.4, -0.2) is 34.4 Å². The van der Waals surface area contributed by atoms with Crippen molar-refractivity contribution in [2.24, 2.45) is 0 Å². The molecule has 1 saturated heterocycles. The van der Waals surface area contributed by atoms with Gasteiger partial charge >= 0.3 is 0 Å². The summed E-state index contributed by atoms with van der Waals surface area (Å²) in [7, 11) is 0. The van der Waals surface area contributed by atoms with Gasteiger partial charge in [0.05, 0.1) is 6.54 Å². The highest BCUT2D eigenvalue weighted by molar-refractivity contribution is 7.80. The summed E-state index contributed by atoms with van der Waals surface area (Å²) >= 11 is 5.15. The van der Waals surface area contributed by atoms with Crippen LogP contribution in [0.4, 0.5) is 0 Å². The molecule has 0 bridgehead atoms. The normalized spacial score (nSPS) is 17.5. The van der Waals surface area contributed by atoms with Crippen LogP contribution < -0.4 is 10.6 Å². The molecule has 1 atom stereocenters. The molecule has 1 unspecified atom stereocenters. The number of benzene rings is 1. The number of amides is 2. The summed E-state index contributed by atoms with van der Waals surface area (Å²) < 4.78 is 0. The lowest BCUT2D eigenvalue weighted by atomic mass is 10.1. The Kier molecular flexibility index (Phi) is 5.49. The highest BCUT2D eigenvalue weighted by Crippen LogP contribution is 2.13. The zero-order valence-corrected chi connectivity index (χ0v) is 13.7.